The summed E-state index contributed by atoms with van der Waals surface area (Å²) in [6, 6.07) is 14.4. The standard InChI is InChI=1S/C15H11ClN2O/c1-18(13-6-2-4-11(8-13)9-17)15-12(10-19)5-3-7-14(15)16/h2-8,10H,1H3. The van der Waals surface area contributed by atoms with Crippen LogP contribution in [0.2, 0.25) is 5.02 Å². The molecule has 0 aliphatic heterocycles. The van der Waals surface area contributed by atoms with Crippen LogP contribution in [-0.4, -0.2) is 13.3 Å². The first-order chi connectivity index (χ1) is 9.17. The van der Waals surface area contributed by atoms with E-state index in [1.807, 2.05) is 13.1 Å². The van der Waals surface area contributed by atoms with Gasteiger partial charge in [-0.15, -0.1) is 0 Å². The number of carbonyl (C=O) groups is 1. The zero-order chi connectivity index (χ0) is 13.8. The van der Waals surface area contributed by atoms with Crippen LogP contribution in [0.1, 0.15) is 15.9 Å². The number of nitriles is 1. The third-order valence-corrected chi connectivity index (χ3v) is 3.15. The van der Waals surface area contributed by atoms with E-state index in [9.17, 15) is 4.79 Å². The van der Waals surface area contributed by atoms with Gasteiger partial charge in [0.05, 0.1) is 22.3 Å². The van der Waals surface area contributed by atoms with Crippen molar-refractivity contribution >= 4 is 29.3 Å². The zero-order valence-corrected chi connectivity index (χ0v) is 11.1. The van der Waals surface area contributed by atoms with Crippen molar-refractivity contribution in [3.05, 3.63) is 58.6 Å². The van der Waals surface area contributed by atoms with E-state index in [0.717, 1.165) is 12.0 Å². The second kappa shape index (κ2) is 5.55. The lowest BCUT2D eigenvalue weighted by Gasteiger charge is -2.22. The molecule has 3 nitrogen and oxygen atoms in total. The van der Waals surface area contributed by atoms with Crippen molar-refractivity contribution in [2.24, 2.45) is 0 Å². The molecule has 19 heavy (non-hydrogen) atoms. The predicted molar refractivity (Wildman–Crippen MR) is 76.1 cm³/mol. The lowest BCUT2D eigenvalue weighted by molar-refractivity contribution is 0.112. The number of aldehydes is 1. The Morgan fingerprint density at radius 2 is 2.00 bits per heavy atom. The van der Waals surface area contributed by atoms with Crippen LogP contribution in [0.4, 0.5) is 11.4 Å². The lowest BCUT2D eigenvalue weighted by atomic mass is 10.1. The average Bonchev–Trinajstić information content (AvgIpc) is 2.46. The predicted octanol–water partition coefficient (Wildman–Crippen LogP) is 3.79. The van der Waals surface area contributed by atoms with Gasteiger partial charge in [0.1, 0.15) is 0 Å². The maximum Gasteiger partial charge on any atom is 0.152 e. The van der Waals surface area contributed by atoms with E-state index in [4.69, 9.17) is 16.9 Å². The molecule has 2 rings (SSSR count). The van der Waals surface area contributed by atoms with E-state index < -0.39 is 0 Å². The number of anilines is 2. The van der Waals surface area contributed by atoms with Gasteiger partial charge < -0.3 is 4.90 Å². The number of benzene rings is 2. The molecule has 0 radical (unpaired) electrons. The Labute approximate surface area is 116 Å². The van der Waals surface area contributed by atoms with Gasteiger partial charge in [0.2, 0.25) is 0 Å². The first kappa shape index (κ1) is 13.1. The first-order valence-electron chi connectivity index (χ1n) is 5.65. The molecule has 0 saturated heterocycles. The Hall–Kier alpha value is -2.31. The minimum absolute atomic E-state index is 0.495. The molecule has 0 atom stereocenters. The molecule has 0 bridgehead atoms. The fraction of sp³-hybridized carbons (Fsp3) is 0.0667. The SMILES string of the molecule is CN(c1cccc(C#N)c1)c1c(Cl)cccc1C=O. The molecule has 0 aliphatic rings. The van der Waals surface area contributed by atoms with Gasteiger partial charge in [-0.25, -0.2) is 0 Å². The highest BCUT2D eigenvalue weighted by atomic mass is 35.5. The Morgan fingerprint density at radius 1 is 1.26 bits per heavy atom. The molecule has 0 N–H and O–H groups in total. The van der Waals surface area contributed by atoms with E-state index in [0.29, 0.717) is 21.8 Å². The van der Waals surface area contributed by atoms with E-state index in [1.54, 1.807) is 41.3 Å². The van der Waals surface area contributed by atoms with Crippen molar-refractivity contribution in [1.82, 2.24) is 0 Å². The molecule has 0 saturated carbocycles. The van der Waals surface area contributed by atoms with Gasteiger partial charge in [-0.05, 0) is 30.3 Å². The van der Waals surface area contributed by atoms with E-state index in [2.05, 4.69) is 6.07 Å². The van der Waals surface area contributed by atoms with Crippen LogP contribution in [0.5, 0.6) is 0 Å². The summed E-state index contributed by atoms with van der Waals surface area (Å²) in [6.45, 7) is 0. The van der Waals surface area contributed by atoms with Gasteiger partial charge in [-0.3, -0.25) is 4.79 Å². The molecule has 0 heterocycles. The highest BCUT2D eigenvalue weighted by molar-refractivity contribution is 6.34. The third-order valence-electron chi connectivity index (χ3n) is 2.84. The van der Waals surface area contributed by atoms with Gasteiger partial charge >= 0.3 is 0 Å². The second-order valence-electron chi connectivity index (χ2n) is 4.02. The van der Waals surface area contributed by atoms with Crippen LogP contribution >= 0.6 is 11.6 Å². The summed E-state index contributed by atoms with van der Waals surface area (Å²) < 4.78 is 0. The maximum atomic E-state index is 11.1. The minimum atomic E-state index is 0.495. The molecule has 0 aromatic heterocycles. The van der Waals surface area contributed by atoms with Crippen molar-refractivity contribution < 1.29 is 4.79 Å². The molecule has 0 aliphatic carbocycles. The number of para-hydroxylation sites is 1. The molecular formula is C15H11ClN2O. The van der Waals surface area contributed by atoms with Crippen LogP contribution in [0.25, 0.3) is 0 Å². The molecule has 0 fully saturated rings. The van der Waals surface area contributed by atoms with Crippen molar-refractivity contribution in [1.29, 1.82) is 5.26 Å². The average molecular weight is 271 g/mol. The molecule has 2 aromatic carbocycles. The van der Waals surface area contributed by atoms with E-state index in [-0.39, 0.29) is 0 Å². The highest BCUT2D eigenvalue weighted by Crippen LogP contribution is 2.33. The topological polar surface area (TPSA) is 44.1 Å². The maximum absolute atomic E-state index is 11.1. The minimum Gasteiger partial charge on any atom is -0.343 e. The van der Waals surface area contributed by atoms with Crippen LogP contribution < -0.4 is 4.90 Å². The fourth-order valence-electron chi connectivity index (χ4n) is 1.89. The summed E-state index contributed by atoms with van der Waals surface area (Å²) in [6.07, 6.45) is 0.770. The van der Waals surface area contributed by atoms with Gasteiger partial charge in [0, 0.05) is 18.3 Å². The highest BCUT2D eigenvalue weighted by Gasteiger charge is 2.13. The zero-order valence-electron chi connectivity index (χ0n) is 10.3. The summed E-state index contributed by atoms with van der Waals surface area (Å²) in [5, 5.41) is 9.41. The number of halogens is 1. The molecular weight excluding hydrogens is 260 g/mol. The number of carbonyl (C=O) groups excluding carboxylic acids is 1. The molecule has 0 unspecified atom stereocenters. The van der Waals surface area contributed by atoms with Gasteiger partial charge in [-0.2, -0.15) is 5.26 Å². The summed E-state index contributed by atoms with van der Waals surface area (Å²) >= 11 is 6.16. The Morgan fingerprint density at radius 3 is 2.68 bits per heavy atom. The number of hydrogen-bond acceptors (Lipinski definition) is 3. The van der Waals surface area contributed by atoms with Crippen molar-refractivity contribution in [2.75, 3.05) is 11.9 Å². The lowest BCUT2D eigenvalue weighted by Crippen LogP contribution is -2.12. The van der Waals surface area contributed by atoms with Crippen LogP contribution in [0.15, 0.2) is 42.5 Å². The van der Waals surface area contributed by atoms with Crippen LogP contribution in [-0.2, 0) is 0 Å². The van der Waals surface area contributed by atoms with Crippen molar-refractivity contribution in [3.8, 4) is 6.07 Å². The molecule has 94 valence electrons. The first-order valence-corrected chi connectivity index (χ1v) is 6.02. The normalized spacial score (nSPS) is 9.74. The molecule has 0 amide bonds. The van der Waals surface area contributed by atoms with E-state index >= 15 is 0 Å². The van der Waals surface area contributed by atoms with Gasteiger partial charge in [0.15, 0.2) is 6.29 Å². The second-order valence-corrected chi connectivity index (χ2v) is 4.42. The molecule has 4 heteroatoms. The number of nitrogens with zero attached hydrogens (tertiary/aromatic N) is 2. The van der Waals surface area contributed by atoms with Gasteiger partial charge in [0.25, 0.3) is 0 Å². The summed E-state index contributed by atoms with van der Waals surface area (Å²) in [7, 11) is 1.81. The number of rotatable bonds is 3. The van der Waals surface area contributed by atoms with Crippen molar-refractivity contribution in [2.45, 2.75) is 0 Å². The molecule has 2 aromatic rings. The fourth-order valence-corrected chi connectivity index (χ4v) is 2.20. The quantitative estimate of drug-likeness (QED) is 0.797. The third kappa shape index (κ3) is 2.59. The Balaban J connectivity index is 2.52. The van der Waals surface area contributed by atoms with Crippen molar-refractivity contribution in [3.63, 3.8) is 0 Å². The monoisotopic (exact) mass is 270 g/mol. The summed E-state index contributed by atoms with van der Waals surface area (Å²) in [4.78, 5) is 12.9. The van der Waals surface area contributed by atoms with Gasteiger partial charge in [-0.1, -0.05) is 23.7 Å². The van der Waals surface area contributed by atoms with Crippen LogP contribution in [0.3, 0.4) is 0 Å². The Bertz CT molecular complexity index is 661. The Kier molecular flexibility index (Phi) is 3.84. The summed E-state index contributed by atoms with van der Waals surface area (Å²) in [5.74, 6) is 0. The summed E-state index contributed by atoms with van der Waals surface area (Å²) in [5.41, 5.74) is 2.51. The smallest absolute Gasteiger partial charge is 0.152 e. The number of hydrogen-bond donors (Lipinski definition) is 0. The largest absolute Gasteiger partial charge is 0.343 e. The molecule has 0 spiro atoms. The van der Waals surface area contributed by atoms with E-state index in [1.165, 1.54) is 0 Å². The van der Waals surface area contributed by atoms with Crippen LogP contribution in [0, 0.1) is 11.3 Å².